The number of carbonyl (C=O) groups excluding carboxylic acids is 2. The molecule has 7 nitrogen and oxygen atoms in total. The highest BCUT2D eigenvalue weighted by Gasteiger charge is 2.20. The van der Waals surface area contributed by atoms with Gasteiger partial charge in [0, 0.05) is 19.3 Å². The van der Waals surface area contributed by atoms with Crippen LogP contribution in [-0.2, 0) is 14.3 Å². The van der Waals surface area contributed by atoms with Crippen molar-refractivity contribution in [1.82, 2.24) is 4.98 Å². The van der Waals surface area contributed by atoms with E-state index in [1.807, 2.05) is 4.90 Å². The SMILES string of the molecule is NC(=O)COC(=O)c1cccnc1N1CCOCC1. The van der Waals surface area contributed by atoms with Gasteiger partial charge < -0.3 is 20.1 Å². The Labute approximate surface area is 110 Å². The molecule has 0 aliphatic carbocycles. The summed E-state index contributed by atoms with van der Waals surface area (Å²) in [6.07, 6.45) is 1.61. The number of nitrogens with two attached hydrogens (primary N) is 1. The lowest BCUT2D eigenvalue weighted by Gasteiger charge is -2.28. The minimum atomic E-state index is -0.690. The number of ether oxygens (including phenoxy) is 2. The van der Waals surface area contributed by atoms with Crippen molar-refractivity contribution in [3.63, 3.8) is 0 Å². The first-order valence-corrected chi connectivity index (χ1v) is 5.91. The van der Waals surface area contributed by atoms with Crippen LogP contribution in [-0.4, -0.2) is 49.8 Å². The number of nitrogens with zero attached hydrogens (tertiary/aromatic N) is 2. The Balaban J connectivity index is 2.15. The topological polar surface area (TPSA) is 94.8 Å². The Morgan fingerprint density at radius 2 is 2.16 bits per heavy atom. The molecule has 7 heteroatoms. The van der Waals surface area contributed by atoms with E-state index in [0.29, 0.717) is 37.7 Å². The van der Waals surface area contributed by atoms with Crippen LogP contribution in [0.25, 0.3) is 0 Å². The van der Waals surface area contributed by atoms with Gasteiger partial charge in [0.05, 0.1) is 13.2 Å². The van der Waals surface area contributed by atoms with Crippen molar-refractivity contribution in [2.45, 2.75) is 0 Å². The lowest BCUT2D eigenvalue weighted by atomic mass is 10.2. The molecule has 1 amide bonds. The second kappa shape index (κ2) is 6.14. The number of hydrogen-bond acceptors (Lipinski definition) is 6. The summed E-state index contributed by atoms with van der Waals surface area (Å²) in [7, 11) is 0. The second-order valence-electron chi connectivity index (χ2n) is 4.02. The van der Waals surface area contributed by atoms with E-state index in [2.05, 4.69) is 4.98 Å². The van der Waals surface area contributed by atoms with Crippen LogP contribution in [0.2, 0.25) is 0 Å². The second-order valence-corrected chi connectivity index (χ2v) is 4.02. The molecule has 1 aromatic rings. The van der Waals surface area contributed by atoms with E-state index in [4.69, 9.17) is 15.2 Å². The van der Waals surface area contributed by atoms with Gasteiger partial charge in [-0.25, -0.2) is 9.78 Å². The van der Waals surface area contributed by atoms with Crippen LogP contribution >= 0.6 is 0 Å². The molecule has 1 aliphatic rings. The fourth-order valence-corrected chi connectivity index (χ4v) is 1.80. The number of aromatic nitrogens is 1. The predicted octanol–water partition coefficient (Wildman–Crippen LogP) is -0.440. The summed E-state index contributed by atoms with van der Waals surface area (Å²) in [6.45, 7) is 2.06. The Hall–Kier alpha value is -2.15. The van der Waals surface area contributed by atoms with Gasteiger partial charge in [-0.1, -0.05) is 0 Å². The highest BCUT2D eigenvalue weighted by Crippen LogP contribution is 2.19. The first-order chi connectivity index (χ1) is 9.18. The molecule has 0 bridgehead atoms. The number of rotatable bonds is 4. The summed E-state index contributed by atoms with van der Waals surface area (Å²) in [5.41, 5.74) is 5.27. The third-order valence-electron chi connectivity index (χ3n) is 2.66. The van der Waals surface area contributed by atoms with Crippen molar-refractivity contribution in [2.75, 3.05) is 37.8 Å². The van der Waals surface area contributed by atoms with Crippen LogP contribution in [0, 0.1) is 0 Å². The Bertz CT molecular complexity index is 472. The number of hydrogen-bond donors (Lipinski definition) is 1. The van der Waals surface area contributed by atoms with E-state index in [-0.39, 0.29) is 0 Å². The molecular weight excluding hydrogens is 250 g/mol. The molecule has 2 heterocycles. The summed E-state index contributed by atoms with van der Waals surface area (Å²) in [4.78, 5) is 28.7. The van der Waals surface area contributed by atoms with Gasteiger partial charge in [-0.2, -0.15) is 0 Å². The van der Waals surface area contributed by atoms with Gasteiger partial charge in [-0.15, -0.1) is 0 Å². The molecule has 0 saturated carbocycles. The fraction of sp³-hybridized carbons (Fsp3) is 0.417. The maximum atomic E-state index is 11.9. The van der Waals surface area contributed by atoms with Crippen molar-refractivity contribution in [3.8, 4) is 0 Å². The molecule has 19 heavy (non-hydrogen) atoms. The van der Waals surface area contributed by atoms with Crippen molar-refractivity contribution in [1.29, 1.82) is 0 Å². The Kier molecular flexibility index (Phi) is 4.30. The van der Waals surface area contributed by atoms with E-state index in [1.165, 1.54) is 0 Å². The quantitative estimate of drug-likeness (QED) is 0.742. The minimum absolute atomic E-state index is 0.325. The first kappa shape index (κ1) is 13.3. The molecule has 0 spiro atoms. The van der Waals surface area contributed by atoms with Crippen LogP contribution in [0.1, 0.15) is 10.4 Å². The lowest BCUT2D eigenvalue weighted by molar-refractivity contribution is -0.121. The van der Waals surface area contributed by atoms with Gasteiger partial charge in [0.1, 0.15) is 11.4 Å². The predicted molar refractivity (Wildman–Crippen MR) is 66.7 cm³/mol. The molecular formula is C12H15N3O4. The number of anilines is 1. The number of morpholine rings is 1. The number of pyridine rings is 1. The first-order valence-electron chi connectivity index (χ1n) is 5.91. The summed E-state index contributed by atoms with van der Waals surface area (Å²) >= 11 is 0. The molecule has 2 rings (SSSR count). The van der Waals surface area contributed by atoms with Gasteiger partial charge in [0.2, 0.25) is 0 Å². The summed E-state index contributed by atoms with van der Waals surface area (Å²) < 4.78 is 10.1. The van der Waals surface area contributed by atoms with Crippen LogP contribution in [0.3, 0.4) is 0 Å². The van der Waals surface area contributed by atoms with Crippen molar-refractivity contribution >= 4 is 17.7 Å². The van der Waals surface area contributed by atoms with Crippen molar-refractivity contribution in [2.24, 2.45) is 5.73 Å². The van der Waals surface area contributed by atoms with Crippen LogP contribution in [0.4, 0.5) is 5.82 Å². The maximum Gasteiger partial charge on any atom is 0.342 e. The number of primary amides is 1. The minimum Gasteiger partial charge on any atom is -0.452 e. The van der Waals surface area contributed by atoms with Crippen LogP contribution in [0.15, 0.2) is 18.3 Å². The van der Waals surface area contributed by atoms with E-state index in [1.54, 1.807) is 18.3 Å². The largest absolute Gasteiger partial charge is 0.452 e. The lowest BCUT2D eigenvalue weighted by Crippen LogP contribution is -2.37. The molecule has 1 aromatic heterocycles. The maximum absolute atomic E-state index is 11.9. The standard InChI is InChI=1S/C12H15N3O4/c13-10(16)8-19-12(17)9-2-1-3-14-11(9)15-4-6-18-7-5-15/h1-3H,4-8H2,(H2,13,16). The number of carbonyl (C=O) groups is 2. The van der Waals surface area contributed by atoms with Gasteiger partial charge in [0.25, 0.3) is 5.91 Å². The molecule has 1 aliphatic heterocycles. The van der Waals surface area contributed by atoms with Gasteiger partial charge in [-0.3, -0.25) is 4.79 Å². The number of esters is 1. The van der Waals surface area contributed by atoms with Crippen molar-refractivity contribution < 1.29 is 19.1 Å². The molecule has 1 saturated heterocycles. The molecule has 2 N–H and O–H groups in total. The van der Waals surface area contributed by atoms with Crippen LogP contribution < -0.4 is 10.6 Å². The third kappa shape index (κ3) is 3.41. The molecule has 1 fully saturated rings. The Morgan fingerprint density at radius 3 is 2.84 bits per heavy atom. The average Bonchev–Trinajstić information content (AvgIpc) is 2.45. The van der Waals surface area contributed by atoms with E-state index < -0.39 is 18.5 Å². The normalized spacial score (nSPS) is 15.1. The smallest absolute Gasteiger partial charge is 0.342 e. The van der Waals surface area contributed by atoms with Gasteiger partial charge in [0.15, 0.2) is 6.61 Å². The zero-order valence-electron chi connectivity index (χ0n) is 10.4. The number of amides is 1. The third-order valence-corrected chi connectivity index (χ3v) is 2.66. The fourth-order valence-electron chi connectivity index (χ4n) is 1.80. The van der Waals surface area contributed by atoms with Gasteiger partial charge in [-0.05, 0) is 12.1 Å². The molecule has 0 aromatic carbocycles. The summed E-state index contributed by atoms with van der Waals surface area (Å²) in [6, 6.07) is 3.26. The molecule has 102 valence electrons. The highest BCUT2D eigenvalue weighted by molar-refractivity contribution is 5.95. The van der Waals surface area contributed by atoms with E-state index in [0.717, 1.165) is 0 Å². The van der Waals surface area contributed by atoms with Crippen molar-refractivity contribution in [3.05, 3.63) is 23.9 Å². The average molecular weight is 265 g/mol. The highest BCUT2D eigenvalue weighted by atomic mass is 16.5. The molecule has 0 atom stereocenters. The zero-order chi connectivity index (χ0) is 13.7. The summed E-state index contributed by atoms with van der Waals surface area (Å²) in [5, 5.41) is 0. The summed E-state index contributed by atoms with van der Waals surface area (Å²) in [5.74, 6) is -0.751. The Morgan fingerprint density at radius 1 is 1.42 bits per heavy atom. The zero-order valence-corrected chi connectivity index (χ0v) is 10.4. The molecule has 0 unspecified atom stereocenters. The monoisotopic (exact) mass is 265 g/mol. The van der Waals surface area contributed by atoms with E-state index in [9.17, 15) is 9.59 Å². The van der Waals surface area contributed by atoms with E-state index >= 15 is 0 Å². The van der Waals surface area contributed by atoms with Gasteiger partial charge >= 0.3 is 5.97 Å². The molecule has 0 radical (unpaired) electrons. The van der Waals surface area contributed by atoms with Crippen LogP contribution in [0.5, 0.6) is 0 Å².